The van der Waals surface area contributed by atoms with Gasteiger partial charge in [0.05, 0.1) is 0 Å². The highest BCUT2D eigenvalue weighted by Crippen LogP contribution is 2.31. The molecule has 0 amide bonds. The smallest absolute Gasteiger partial charge is 0.303 e. The van der Waals surface area contributed by atoms with Crippen molar-refractivity contribution >= 4 is 52.3 Å². The number of rotatable bonds is 8. The van der Waals surface area contributed by atoms with E-state index in [9.17, 15) is 19.2 Å². The summed E-state index contributed by atoms with van der Waals surface area (Å²) in [7, 11) is 0. The number of anilines is 1. The lowest BCUT2D eigenvalue weighted by Gasteiger charge is -2.44. The summed E-state index contributed by atoms with van der Waals surface area (Å²) in [4.78, 5) is 50.8. The largest absolute Gasteiger partial charge is 0.463 e. The molecule has 0 aromatic carbocycles. The van der Waals surface area contributed by atoms with Crippen LogP contribution in [0.4, 0.5) is 5.13 Å². The molecule has 0 unspecified atom stereocenters. The van der Waals surface area contributed by atoms with Crippen LogP contribution in [0.15, 0.2) is 5.16 Å². The lowest BCUT2D eigenvalue weighted by molar-refractivity contribution is -0.247. The van der Waals surface area contributed by atoms with Crippen LogP contribution in [-0.2, 0) is 42.9 Å². The van der Waals surface area contributed by atoms with Gasteiger partial charge in [-0.3, -0.25) is 19.2 Å². The molecule has 1 N–H and O–H groups in total. The molecule has 14 heteroatoms. The molecule has 0 saturated carbocycles. The molecule has 1 saturated heterocycles. The number of carbonyl (C=O) groups is 4. The van der Waals surface area contributed by atoms with Gasteiger partial charge in [0, 0.05) is 39.2 Å². The van der Waals surface area contributed by atoms with Gasteiger partial charge < -0.3 is 29.0 Å². The Balaban J connectivity index is 2.41. The average Bonchev–Trinajstić information content (AvgIpc) is 3.11. The molecule has 0 bridgehead atoms. The van der Waals surface area contributed by atoms with Crippen LogP contribution in [-0.4, -0.2) is 76.7 Å². The van der Waals surface area contributed by atoms with Gasteiger partial charge in [-0.15, -0.1) is 0 Å². The van der Waals surface area contributed by atoms with Crippen molar-refractivity contribution in [1.29, 1.82) is 0 Å². The normalized spacial score (nSPS) is 25.3. The zero-order valence-electron chi connectivity index (χ0n) is 17.5. The van der Waals surface area contributed by atoms with Crippen LogP contribution in [0.5, 0.6) is 0 Å². The van der Waals surface area contributed by atoms with Crippen molar-refractivity contribution < 1.29 is 42.9 Å². The van der Waals surface area contributed by atoms with Crippen LogP contribution in [0.25, 0.3) is 0 Å². The van der Waals surface area contributed by atoms with Crippen LogP contribution >= 0.6 is 23.3 Å². The number of ether oxygens (including phenoxy) is 5. The summed E-state index contributed by atoms with van der Waals surface area (Å²) >= 11 is 2.37. The van der Waals surface area contributed by atoms with Gasteiger partial charge >= 0.3 is 23.9 Å². The standard InChI is InChI=1S/C17H23N3O9S2/c1-7(21)25-6-11-12(26-8(2)22)13(27-9(3)23)14(28-10(4)24)15(29-11)18-16-19-17(30-5)20-31-16/h11-15H,6H2,1-5H3,(H,18,19,20)/t11-,12+,13+,14-,15+/m1/s1. The second kappa shape index (κ2) is 11.2. The van der Waals surface area contributed by atoms with E-state index in [4.69, 9.17) is 23.7 Å². The molecule has 1 fully saturated rings. The van der Waals surface area contributed by atoms with Gasteiger partial charge in [-0.05, 0) is 6.26 Å². The van der Waals surface area contributed by atoms with E-state index in [0.717, 1.165) is 25.4 Å². The second-order valence-electron chi connectivity index (χ2n) is 6.35. The fourth-order valence-electron chi connectivity index (χ4n) is 2.82. The summed E-state index contributed by atoms with van der Waals surface area (Å²) < 4.78 is 31.1. The highest BCUT2D eigenvalue weighted by Gasteiger charge is 2.52. The van der Waals surface area contributed by atoms with Crippen LogP contribution in [0, 0.1) is 0 Å². The molecule has 1 aromatic rings. The van der Waals surface area contributed by atoms with E-state index < -0.39 is 54.5 Å². The summed E-state index contributed by atoms with van der Waals surface area (Å²) in [6, 6.07) is 0. The molecule has 1 aromatic heterocycles. The van der Waals surface area contributed by atoms with E-state index in [1.165, 1.54) is 25.6 Å². The molecule has 2 heterocycles. The number of nitrogens with one attached hydrogen (secondary N) is 1. The second-order valence-corrected chi connectivity index (χ2v) is 7.88. The molecule has 12 nitrogen and oxygen atoms in total. The highest BCUT2D eigenvalue weighted by molar-refractivity contribution is 7.98. The van der Waals surface area contributed by atoms with E-state index >= 15 is 0 Å². The van der Waals surface area contributed by atoms with Crippen molar-refractivity contribution in [1.82, 2.24) is 9.36 Å². The maximum Gasteiger partial charge on any atom is 0.303 e. The minimum Gasteiger partial charge on any atom is -0.463 e. The molecule has 172 valence electrons. The minimum atomic E-state index is -1.25. The predicted molar refractivity (Wildman–Crippen MR) is 107 cm³/mol. The molecule has 31 heavy (non-hydrogen) atoms. The first kappa shape index (κ1) is 24.8. The molecule has 1 aliphatic rings. The van der Waals surface area contributed by atoms with Crippen molar-refractivity contribution in [3.05, 3.63) is 0 Å². The predicted octanol–water partition coefficient (Wildman–Crippen LogP) is 0.755. The maximum atomic E-state index is 11.8. The molecular formula is C17H23N3O9S2. The monoisotopic (exact) mass is 477 g/mol. The molecule has 0 aliphatic carbocycles. The number of nitrogens with zero attached hydrogens (tertiary/aromatic N) is 2. The number of carbonyl (C=O) groups excluding carboxylic acids is 4. The first-order chi connectivity index (χ1) is 14.6. The summed E-state index contributed by atoms with van der Waals surface area (Å²) in [6.45, 7) is 4.39. The van der Waals surface area contributed by atoms with Crippen molar-refractivity contribution in [2.24, 2.45) is 0 Å². The minimum absolute atomic E-state index is 0.303. The van der Waals surface area contributed by atoms with Crippen LogP contribution in [0.1, 0.15) is 27.7 Å². The number of aromatic nitrogens is 2. The molecule has 5 atom stereocenters. The summed E-state index contributed by atoms with van der Waals surface area (Å²) in [5, 5.41) is 3.81. The Hall–Kier alpha value is -2.45. The van der Waals surface area contributed by atoms with Crippen molar-refractivity contribution in [3.63, 3.8) is 0 Å². The van der Waals surface area contributed by atoms with Crippen molar-refractivity contribution in [3.8, 4) is 0 Å². The van der Waals surface area contributed by atoms with E-state index in [1.807, 2.05) is 0 Å². The molecule has 0 spiro atoms. The molecule has 0 radical (unpaired) electrons. The first-order valence-electron chi connectivity index (χ1n) is 9.05. The van der Waals surface area contributed by atoms with E-state index in [1.54, 1.807) is 6.26 Å². The highest BCUT2D eigenvalue weighted by atomic mass is 32.2. The number of hydrogen-bond donors (Lipinski definition) is 1. The van der Waals surface area contributed by atoms with Gasteiger partial charge in [0.1, 0.15) is 12.7 Å². The fraction of sp³-hybridized carbons (Fsp3) is 0.647. The lowest BCUT2D eigenvalue weighted by atomic mass is 9.97. The van der Waals surface area contributed by atoms with Gasteiger partial charge in [-0.2, -0.15) is 9.36 Å². The van der Waals surface area contributed by atoms with E-state index in [0.29, 0.717) is 10.3 Å². The number of hydrogen-bond acceptors (Lipinski definition) is 14. The first-order valence-corrected chi connectivity index (χ1v) is 11.0. The van der Waals surface area contributed by atoms with Gasteiger partial charge in [-0.1, -0.05) is 11.8 Å². The van der Waals surface area contributed by atoms with E-state index in [2.05, 4.69) is 14.7 Å². The summed E-state index contributed by atoms with van der Waals surface area (Å²) in [5.41, 5.74) is 0. The Morgan fingerprint density at radius 3 is 2.06 bits per heavy atom. The lowest BCUT2D eigenvalue weighted by Crippen LogP contribution is -2.64. The Bertz CT molecular complexity index is 819. The fourth-order valence-corrected chi connectivity index (χ4v) is 3.97. The Morgan fingerprint density at radius 2 is 1.55 bits per heavy atom. The third-order valence-corrected chi connectivity index (χ3v) is 5.16. The van der Waals surface area contributed by atoms with Gasteiger partial charge in [0.15, 0.2) is 24.5 Å². The van der Waals surface area contributed by atoms with Gasteiger partial charge in [-0.25, -0.2) is 0 Å². The summed E-state index contributed by atoms with van der Waals surface area (Å²) in [5.74, 6) is -2.67. The zero-order valence-corrected chi connectivity index (χ0v) is 19.1. The maximum absolute atomic E-state index is 11.8. The third kappa shape index (κ3) is 7.33. The van der Waals surface area contributed by atoms with Crippen LogP contribution in [0.3, 0.4) is 0 Å². The number of esters is 4. The van der Waals surface area contributed by atoms with E-state index in [-0.39, 0.29) is 6.61 Å². The molecule has 1 aliphatic heterocycles. The third-order valence-electron chi connectivity index (χ3n) is 3.85. The zero-order chi connectivity index (χ0) is 23.1. The summed E-state index contributed by atoms with van der Waals surface area (Å²) in [6.07, 6.45) is -3.97. The topological polar surface area (TPSA) is 152 Å². The van der Waals surface area contributed by atoms with Crippen molar-refractivity contribution in [2.45, 2.75) is 63.5 Å². The number of thioether (sulfide) groups is 1. The Morgan fingerprint density at radius 1 is 0.968 bits per heavy atom. The van der Waals surface area contributed by atoms with Gasteiger partial charge in [0.2, 0.25) is 10.3 Å². The Kier molecular flexibility index (Phi) is 9.00. The van der Waals surface area contributed by atoms with Gasteiger partial charge in [0.25, 0.3) is 0 Å². The van der Waals surface area contributed by atoms with Crippen LogP contribution < -0.4 is 5.32 Å². The van der Waals surface area contributed by atoms with Crippen LogP contribution in [0.2, 0.25) is 0 Å². The average molecular weight is 478 g/mol. The molecule has 2 rings (SSSR count). The SMILES string of the molecule is CSc1nsc(N[C@H]2O[C@H](COC(C)=O)[C@H](OC(C)=O)[C@H](OC(C)=O)[C@H]2OC(C)=O)n1. The quantitative estimate of drug-likeness (QED) is 0.319. The Labute approximate surface area is 186 Å². The molecular weight excluding hydrogens is 454 g/mol. The van der Waals surface area contributed by atoms with Crippen molar-refractivity contribution in [2.75, 3.05) is 18.2 Å².